The Balaban J connectivity index is 2.36. The monoisotopic (exact) mass is 470 g/mol. The first kappa shape index (κ1) is 25.6. The zero-order valence-corrected chi connectivity index (χ0v) is 19.7. The largest absolute Gasteiger partial charge is 0.497 e. The fourth-order valence-corrected chi connectivity index (χ4v) is 5.00. The minimum atomic E-state index is -4.33. The van der Waals surface area contributed by atoms with Crippen molar-refractivity contribution in [3.8, 4) is 5.75 Å². The Morgan fingerprint density at radius 3 is 2.31 bits per heavy atom. The van der Waals surface area contributed by atoms with Gasteiger partial charge in [-0.3, -0.25) is 14.4 Å². The van der Waals surface area contributed by atoms with Crippen molar-refractivity contribution in [2.75, 3.05) is 13.7 Å². The van der Waals surface area contributed by atoms with E-state index in [9.17, 15) is 22.8 Å². The third-order valence-electron chi connectivity index (χ3n) is 4.86. The van der Waals surface area contributed by atoms with E-state index >= 15 is 0 Å². The molecule has 0 unspecified atom stereocenters. The van der Waals surface area contributed by atoms with Crippen LogP contribution in [0.25, 0.3) is 0 Å². The van der Waals surface area contributed by atoms with Gasteiger partial charge in [-0.2, -0.15) is 0 Å². The number of carbonyl (C=O) groups is 3. The molecule has 1 aliphatic heterocycles. The number of hydrogen-bond acceptors (Lipinski definition) is 8. The van der Waals surface area contributed by atoms with Crippen LogP contribution in [0.15, 0.2) is 29.2 Å². The molecule has 1 aromatic rings. The van der Waals surface area contributed by atoms with Crippen LogP contribution in [0.3, 0.4) is 0 Å². The maximum Gasteiger partial charge on any atom is 0.305 e. The Morgan fingerprint density at radius 1 is 1.19 bits per heavy atom. The van der Waals surface area contributed by atoms with Gasteiger partial charge in [0.05, 0.1) is 24.7 Å². The lowest BCUT2D eigenvalue weighted by molar-refractivity contribution is -0.171. The number of amides is 2. The van der Waals surface area contributed by atoms with Crippen molar-refractivity contribution < 1.29 is 37.0 Å². The highest BCUT2D eigenvalue weighted by molar-refractivity contribution is 7.89. The first-order valence-corrected chi connectivity index (χ1v) is 11.7. The molecule has 0 bridgehead atoms. The van der Waals surface area contributed by atoms with Gasteiger partial charge in [0, 0.05) is 13.8 Å². The van der Waals surface area contributed by atoms with Crippen LogP contribution in [-0.4, -0.2) is 62.6 Å². The molecule has 1 fully saturated rings. The Kier molecular flexibility index (Phi) is 8.62. The van der Waals surface area contributed by atoms with Gasteiger partial charge in [0.2, 0.25) is 18.1 Å². The van der Waals surface area contributed by atoms with E-state index in [0.29, 0.717) is 16.5 Å². The first-order valence-electron chi connectivity index (χ1n) is 10.3. The van der Waals surface area contributed by atoms with Gasteiger partial charge >= 0.3 is 5.97 Å². The van der Waals surface area contributed by atoms with E-state index in [1.165, 1.54) is 38.3 Å². The average Bonchev–Trinajstić information content (AvgIpc) is 3.12. The summed E-state index contributed by atoms with van der Waals surface area (Å²) in [6.07, 6.45) is -0.490. The van der Waals surface area contributed by atoms with E-state index in [1.807, 2.05) is 13.8 Å². The molecule has 1 aromatic carbocycles. The molecule has 1 heterocycles. The maximum atomic E-state index is 13.3. The summed E-state index contributed by atoms with van der Waals surface area (Å²) < 4.78 is 42.7. The minimum Gasteiger partial charge on any atom is -0.497 e. The summed E-state index contributed by atoms with van der Waals surface area (Å²) in [7, 11) is -2.88. The van der Waals surface area contributed by atoms with Gasteiger partial charge in [-0.25, -0.2) is 12.7 Å². The Hall–Kier alpha value is -2.66. The van der Waals surface area contributed by atoms with Gasteiger partial charge in [0.1, 0.15) is 11.8 Å². The highest BCUT2D eigenvalue weighted by Gasteiger charge is 2.41. The second kappa shape index (κ2) is 10.8. The van der Waals surface area contributed by atoms with Crippen molar-refractivity contribution in [1.82, 2.24) is 9.62 Å². The number of nitrogens with zero attached hydrogens (tertiary/aromatic N) is 1. The lowest BCUT2D eigenvalue weighted by Gasteiger charge is -2.31. The molecule has 2 amide bonds. The molecule has 1 N–H and O–H groups in total. The van der Waals surface area contributed by atoms with Gasteiger partial charge < -0.3 is 19.5 Å². The number of nitrogens with one attached hydrogen (secondary N) is 1. The number of carbonyl (C=O) groups excluding carboxylic acids is 3. The molecule has 0 saturated carbocycles. The predicted octanol–water partition coefficient (Wildman–Crippen LogP) is 1.44. The molecule has 0 aliphatic carbocycles. The van der Waals surface area contributed by atoms with Crippen LogP contribution in [0.1, 0.15) is 40.5 Å². The molecule has 1 aliphatic rings. The molecule has 10 nitrogen and oxygen atoms in total. The standard InChI is InChI=1S/C21H30N2O8S/c1-13(2)12-19(20(26)22-18-10-11-30-21(18)31-15(4)25)23(14(3)24)32(27,28)17-8-6-16(29-5)7-9-17/h6-9,13,18-19,21H,10-12H2,1-5H3,(H,22,26)/t18-,19-,21-/m0/s1. The zero-order valence-electron chi connectivity index (χ0n) is 18.9. The van der Waals surface area contributed by atoms with Crippen LogP contribution < -0.4 is 10.1 Å². The van der Waals surface area contributed by atoms with E-state index in [0.717, 1.165) is 6.92 Å². The number of sulfonamides is 1. The summed E-state index contributed by atoms with van der Waals surface area (Å²) in [5.41, 5.74) is 0. The highest BCUT2D eigenvalue weighted by Crippen LogP contribution is 2.25. The first-order chi connectivity index (χ1) is 15.0. The zero-order chi connectivity index (χ0) is 24.1. The number of esters is 1. The summed E-state index contributed by atoms with van der Waals surface area (Å²) >= 11 is 0. The van der Waals surface area contributed by atoms with Crippen LogP contribution in [0.4, 0.5) is 0 Å². The van der Waals surface area contributed by atoms with E-state index < -0.39 is 46.2 Å². The smallest absolute Gasteiger partial charge is 0.305 e. The number of hydrogen-bond donors (Lipinski definition) is 1. The van der Waals surface area contributed by atoms with Gasteiger partial charge in [-0.15, -0.1) is 0 Å². The molecule has 0 aromatic heterocycles. The van der Waals surface area contributed by atoms with Crippen molar-refractivity contribution in [3.05, 3.63) is 24.3 Å². The molecule has 11 heteroatoms. The molecule has 0 spiro atoms. The van der Waals surface area contributed by atoms with Gasteiger partial charge in [0.25, 0.3) is 10.0 Å². The summed E-state index contributed by atoms with van der Waals surface area (Å²) in [5, 5.41) is 2.70. The minimum absolute atomic E-state index is 0.0947. The lowest BCUT2D eigenvalue weighted by Crippen LogP contribution is -2.55. The quantitative estimate of drug-likeness (QED) is 0.537. The van der Waals surface area contributed by atoms with Crippen molar-refractivity contribution >= 4 is 27.8 Å². The summed E-state index contributed by atoms with van der Waals surface area (Å²) in [6, 6.07) is 3.60. The summed E-state index contributed by atoms with van der Waals surface area (Å²) in [4.78, 5) is 36.9. The number of methoxy groups -OCH3 is 1. The van der Waals surface area contributed by atoms with Crippen LogP contribution in [-0.2, 0) is 33.9 Å². The van der Waals surface area contributed by atoms with Crippen molar-refractivity contribution in [1.29, 1.82) is 0 Å². The molecule has 3 atom stereocenters. The predicted molar refractivity (Wildman–Crippen MR) is 114 cm³/mol. The van der Waals surface area contributed by atoms with Crippen LogP contribution >= 0.6 is 0 Å². The molecule has 32 heavy (non-hydrogen) atoms. The normalized spacial score (nSPS) is 19.3. The molecule has 0 radical (unpaired) electrons. The average molecular weight is 471 g/mol. The third kappa shape index (κ3) is 6.19. The summed E-state index contributed by atoms with van der Waals surface area (Å²) in [6.45, 7) is 6.22. The fourth-order valence-electron chi connectivity index (χ4n) is 3.44. The van der Waals surface area contributed by atoms with Crippen LogP contribution in [0, 0.1) is 5.92 Å². The van der Waals surface area contributed by atoms with Crippen molar-refractivity contribution in [2.24, 2.45) is 5.92 Å². The third-order valence-corrected chi connectivity index (χ3v) is 6.75. The Morgan fingerprint density at radius 2 is 1.81 bits per heavy atom. The number of benzene rings is 1. The Labute approximate surface area is 188 Å². The number of ether oxygens (including phenoxy) is 3. The fraction of sp³-hybridized carbons (Fsp3) is 0.571. The number of rotatable bonds is 9. The van der Waals surface area contributed by atoms with E-state index in [1.54, 1.807) is 0 Å². The topological polar surface area (TPSA) is 128 Å². The van der Waals surface area contributed by atoms with Gasteiger partial charge in [0.15, 0.2) is 0 Å². The van der Waals surface area contributed by atoms with E-state index in [-0.39, 0.29) is 23.8 Å². The van der Waals surface area contributed by atoms with Gasteiger partial charge in [-0.1, -0.05) is 13.8 Å². The molecule has 178 valence electrons. The van der Waals surface area contributed by atoms with Crippen molar-refractivity contribution in [3.63, 3.8) is 0 Å². The Bertz CT molecular complexity index is 930. The second-order valence-electron chi connectivity index (χ2n) is 7.89. The highest BCUT2D eigenvalue weighted by atomic mass is 32.2. The molecule has 2 rings (SSSR count). The van der Waals surface area contributed by atoms with E-state index in [2.05, 4.69) is 5.32 Å². The van der Waals surface area contributed by atoms with Crippen LogP contribution in [0.5, 0.6) is 5.75 Å². The SMILES string of the molecule is COc1ccc(S(=O)(=O)N(C(C)=O)[C@@H](CC(C)C)C(=O)N[C@H]2CCO[C@H]2OC(C)=O)cc1. The molecule has 1 saturated heterocycles. The van der Waals surface area contributed by atoms with Crippen LogP contribution in [0.2, 0.25) is 0 Å². The summed E-state index contributed by atoms with van der Waals surface area (Å²) in [5.74, 6) is -1.67. The maximum absolute atomic E-state index is 13.3. The van der Waals surface area contributed by atoms with E-state index in [4.69, 9.17) is 14.2 Å². The second-order valence-corrected chi connectivity index (χ2v) is 9.71. The molecular formula is C21H30N2O8S. The van der Waals surface area contributed by atoms with Crippen molar-refractivity contribution in [2.45, 2.75) is 63.8 Å². The molecular weight excluding hydrogens is 440 g/mol. The van der Waals surface area contributed by atoms with Gasteiger partial charge in [-0.05, 0) is 43.0 Å². The lowest BCUT2D eigenvalue weighted by atomic mass is 10.0.